The maximum Gasteiger partial charge on any atom is 0.176 e. The summed E-state index contributed by atoms with van der Waals surface area (Å²) in [5.74, 6) is 0.172. The molecule has 0 radical (unpaired) electrons. The molecule has 70 valence electrons. The summed E-state index contributed by atoms with van der Waals surface area (Å²) in [7, 11) is 0. The first-order chi connectivity index (χ1) is 6.20. The number of fused-ring (bicyclic) bond motifs is 1. The monoisotopic (exact) mass is 177 g/mol. The van der Waals surface area contributed by atoms with Crippen LogP contribution in [0.1, 0.15) is 47.1 Å². The molecule has 1 heterocycles. The van der Waals surface area contributed by atoms with Crippen LogP contribution in [-0.2, 0) is 12.8 Å². The summed E-state index contributed by atoms with van der Waals surface area (Å²) >= 11 is 0. The summed E-state index contributed by atoms with van der Waals surface area (Å²) in [4.78, 5) is 14.5. The van der Waals surface area contributed by atoms with Crippen LogP contribution in [0.3, 0.4) is 0 Å². The van der Waals surface area contributed by atoms with Crippen LogP contribution >= 0.6 is 0 Å². The van der Waals surface area contributed by atoms with Crippen LogP contribution in [0.5, 0.6) is 0 Å². The summed E-state index contributed by atoms with van der Waals surface area (Å²) in [5, 5.41) is 0. The molecule has 1 N–H and O–H groups in total. The SMILES string of the molecule is CC(=O)c1[nH]c(C)c2c1CCCC2. The normalized spacial score (nSPS) is 15.5. The van der Waals surface area contributed by atoms with E-state index in [9.17, 15) is 4.79 Å². The molecule has 2 nitrogen and oxygen atoms in total. The number of aryl methyl sites for hydroxylation is 1. The molecule has 0 fully saturated rings. The lowest BCUT2D eigenvalue weighted by molar-refractivity contribution is 0.101. The molecule has 0 saturated carbocycles. The lowest BCUT2D eigenvalue weighted by Crippen LogP contribution is -2.04. The number of carbonyl (C=O) groups excluding carboxylic acids is 1. The first-order valence-corrected chi connectivity index (χ1v) is 4.91. The fourth-order valence-electron chi connectivity index (χ4n) is 2.23. The number of carbonyl (C=O) groups is 1. The third-order valence-electron chi connectivity index (χ3n) is 2.89. The minimum Gasteiger partial charge on any atom is -0.356 e. The maximum atomic E-state index is 11.3. The highest BCUT2D eigenvalue weighted by Crippen LogP contribution is 2.27. The second kappa shape index (κ2) is 3.02. The van der Waals surface area contributed by atoms with Gasteiger partial charge in [-0.15, -0.1) is 0 Å². The van der Waals surface area contributed by atoms with Gasteiger partial charge in [0.1, 0.15) is 0 Å². The van der Waals surface area contributed by atoms with Crippen molar-refractivity contribution in [3.05, 3.63) is 22.5 Å². The van der Waals surface area contributed by atoms with Crippen LogP contribution < -0.4 is 0 Å². The molecule has 0 amide bonds. The van der Waals surface area contributed by atoms with Crippen molar-refractivity contribution in [2.24, 2.45) is 0 Å². The van der Waals surface area contributed by atoms with E-state index in [1.165, 1.54) is 29.7 Å². The third-order valence-corrected chi connectivity index (χ3v) is 2.89. The molecule has 1 aliphatic carbocycles. The van der Waals surface area contributed by atoms with Crippen LogP contribution in [0.15, 0.2) is 0 Å². The topological polar surface area (TPSA) is 32.9 Å². The van der Waals surface area contributed by atoms with Crippen LogP contribution in [0, 0.1) is 6.92 Å². The summed E-state index contributed by atoms with van der Waals surface area (Å²) in [6, 6.07) is 0. The van der Waals surface area contributed by atoms with E-state index in [-0.39, 0.29) is 5.78 Å². The average molecular weight is 177 g/mol. The lowest BCUT2D eigenvalue weighted by Gasteiger charge is -2.12. The molecular weight excluding hydrogens is 162 g/mol. The molecule has 1 aliphatic rings. The molecule has 13 heavy (non-hydrogen) atoms. The van der Waals surface area contributed by atoms with Crippen molar-refractivity contribution in [2.75, 3.05) is 0 Å². The van der Waals surface area contributed by atoms with E-state index in [0.717, 1.165) is 18.5 Å². The molecule has 1 aromatic rings. The van der Waals surface area contributed by atoms with Gasteiger partial charge in [-0.25, -0.2) is 0 Å². The maximum absolute atomic E-state index is 11.3. The average Bonchev–Trinajstić information content (AvgIpc) is 2.45. The zero-order valence-corrected chi connectivity index (χ0v) is 8.24. The minimum atomic E-state index is 0.172. The Hall–Kier alpha value is -1.05. The Morgan fingerprint density at radius 1 is 1.23 bits per heavy atom. The zero-order chi connectivity index (χ0) is 9.42. The quantitative estimate of drug-likeness (QED) is 0.656. The highest BCUT2D eigenvalue weighted by atomic mass is 16.1. The molecule has 0 atom stereocenters. The van der Waals surface area contributed by atoms with E-state index in [2.05, 4.69) is 11.9 Å². The van der Waals surface area contributed by atoms with Gasteiger partial charge in [-0.1, -0.05) is 0 Å². The molecule has 0 unspecified atom stereocenters. The van der Waals surface area contributed by atoms with Crippen molar-refractivity contribution in [1.82, 2.24) is 4.98 Å². The second-order valence-corrected chi connectivity index (χ2v) is 3.85. The van der Waals surface area contributed by atoms with Gasteiger partial charge in [0.05, 0.1) is 5.69 Å². The standard InChI is InChI=1S/C11H15NO/c1-7-9-5-3-4-6-10(9)11(12-7)8(2)13/h12H,3-6H2,1-2H3. The van der Waals surface area contributed by atoms with E-state index < -0.39 is 0 Å². The van der Waals surface area contributed by atoms with Gasteiger partial charge < -0.3 is 4.98 Å². The van der Waals surface area contributed by atoms with Gasteiger partial charge in [0, 0.05) is 12.6 Å². The van der Waals surface area contributed by atoms with E-state index in [1.54, 1.807) is 6.92 Å². The van der Waals surface area contributed by atoms with Crippen LogP contribution in [0.4, 0.5) is 0 Å². The van der Waals surface area contributed by atoms with Crippen LogP contribution in [-0.4, -0.2) is 10.8 Å². The highest BCUT2D eigenvalue weighted by Gasteiger charge is 2.19. The number of Topliss-reactive ketones (excluding diaryl/α,β-unsaturated/α-hetero) is 1. The third kappa shape index (κ3) is 1.30. The summed E-state index contributed by atoms with van der Waals surface area (Å²) in [6.45, 7) is 3.71. The lowest BCUT2D eigenvalue weighted by atomic mass is 9.92. The second-order valence-electron chi connectivity index (χ2n) is 3.85. The molecule has 0 saturated heterocycles. The number of rotatable bonds is 1. The Labute approximate surface area is 78.4 Å². The van der Waals surface area contributed by atoms with Gasteiger partial charge in [0.15, 0.2) is 5.78 Å². The van der Waals surface area contributed by atoms with E-state index >= 15 is 0 Å². The van der Waals surface area contributed by atoms with Gasteiger partial charge in [-0.3, -0.25) is 4.79 Å². The fourth-order valence-corrected chi connectivity index (χ4v) is 2.23. The molecule has 0 spiro atoms. The van der Waals surface area contributed by atoms with Crippen LogP contribution in [0.2, 0.25) is 0 Å². The van der Waals surface area contributed by atoms with Crippen molar-refractivity contribution in [3.63, 3.8) is 0 Å². The Kier molecular flexibility index (Phi) is 1.98. The summed E-state index contributed by atoms with van der Waals surface area (Å²) in [6.07, 6.45) is 4.72. The molecule has 0 aromatic carbocycles. The van der Waals surface area contributed by atoms with Crippen LogP contribution in [0.25, 0.3) is 0 Å². The molecule has 2 heteroatoms. The van der Waals surface area contributed by atoms with E-state index in [4.69, 9.17) is 0 Å². The molecule has 0 bridgehead atoms. The Bertz CT molecular complexity index is 349. The smallest absolute Gasteiger partial charge is 0.176 e. The minimum absolute atomic E-state index is 0.172. The first-order valence-electron chi connectivity index (χ1n) is 4.91. The summed E-state index contributed by atoms with van der Waals surface area (Å²) in [5.41, 5.74) is 4.74. The van der Waals surface area contributed by atoms with Crippen molar-refractivity contribution >= 4 is 5.78 Å². The fraction of sp³-hybridized carbons (Fsp3) is 0.545. The Morgan fingerprint density at radius 3 is 2.46 bits per heavy atom. The van der Waals surface area contributed by atoms with Crippen molar-refractivity contribution in [2.45, 2.75) is 39.5 Å². The number of hydrogen-bond acceptors (Lipinski definition) is 1. The van der Waals surface area contributed by atoms with Crippen molar-refractivity contribution in [3.8, 4) is 0 Å². The van der Waals surface area contributed by atoms with Crippen molar-refractivity contribution in [1.29, 1.82) is 0 Å². The largest absolute Gasteiger partial charge is 0.356 e. The van der Waals surface area contributed by atoms with E-state index in [1.807, 2.05) is 0 Å². The van der Waals surface area contributed by atoms with Gasteiger partial charge in [0.2, 0.25) is 0 Å². The molecule has 0 aliphatic heterocycles. The summed E-state index contributed by atoms with van der Waals surface area (Å²) < 4.78 is 0. The number of aromatic amines is 1. The van der Waals surface area contributed by atoms with Crippen molar-refractivity contribution < 1.29 is 4.79 Å². The molecular formula is C11H15NO. The Balaban J connectivity index is 2.53. The number of aromatic nitrogens is 1. The van der Waals surface area contributed by atoms with Gasteiger partial charge in [-0.05, 0) is 43.7 Å². The van der Waals surface area contributed by atoms with Gasteiger partial charge >= 0.3 is 0 Å². The number of nitrogens with one attached hydrogen (secondary N) is 1. The molecule has 2 rings (SSSR count). The number of ketones is 1. The predicted octanol–water partition coefficient (Wildman–Crippen LogP) is 2.40. The van der Waals surface area contributed by atoms with Gasteiger partial charge in [0.25, 0.3) is 0 Å². The zero-order valence-electron chi connectivity index (χ0n) is 8.24. The Morgan fingerprint density at radius 2 is 1.85 bits per heavy atom. The number of hydrogen-bond donors (Lipinski definition) is 1. The molecule has 1 aromatic heterocycles. The number of H-pyrrole nitrogens is 1. The highest BCUT2D eigenvalue weighted by molar-refractivity contribution is 5.94. The van der Waals surface area contributed by atoms with E-state index in [0.29, 0.717) is 0 Å². The first kappa shape index (κ1) is 8.54. The van der Waals surface area contributed by atoms with Gasteiger partial charge in [-0.2, -0.15) is 0 Å². The predicted molar refractivity (Wildman–Crippen MR) is 52.2 cm³/mol.